The molecule has 84 valence electrons. The zero-order chi connectivity index (χ0) is 10.8. The van der Waals surface area contributed by atoms with Gasteiger partial charge in [0, 0.05) is 6.61 Å². The molecule has 0 saturated carbocycles. The van der Waals surface area contributed by atoms with Crippen molar-refractivity contribution in [2.75, 3.05) is 19.8 Å². The van der Waals surface area contributed by atoms with Gasteiger partial charge in [-0.05, 0) is 12.3 Å². The lowest BCUT2D eigenvalue weighted by Gasteiger charge is -2.06. The van der Waals surface area contributed by atoms with E-state index in [2.05, 4.69) is 6.92 Å². The number of hydrogen-bond donors (Lipinski definition) is 0. The Bertz CT molecular complexity index is 143. The Morgan fingerprint density at radius 1 is 1.29 bits per heavy atom. The molecule has 0 rings (SSSR count). The lowest BCUT2D eigenvalue weighted by molar-refractivity contribution is -0.149. The first kappa shape index (κ1) is 13.4. The van der Waals surface area contributed by atoms with Crippen molar-refractivity contribution in [2.45, 2.75) is 40.0 Å². The van der Waals surface area contributed by atoms with Gasteiger partial charge < -0.3 is 9.47 Å². The van der Waals surface area contributed by atoms with Crippen LogP contribution in [0.25, 0.3) is 0 Å². The van der Waals surface area contributed by atoms with Gasteiger partial charge >= 0.3 is 5.97 Å². The molecule has 0 radical (unpaired) electrons. The second-order valence-corrected chi connectivity index (χ2v) is 3.84. The smallest absolute Gasteiger partial charge is 0.332 e. The second kappa shape index (κ2) is 9.00. The van der Waals surface area contributed by atoms with Gasteiger partial charge in [0.05, 0.1) is 6.61 Å². The molecule has 0 atom stereocenters. The summed E-state index contributed by atoms with van der Waals surface area (Å²) in [6.07, 6.45) is 3.20. The highest BCUT2D eigenvalue weighted by atomic mass is 16.6. The predicted molar refractivity (Wildman–Crippen MR) is 56.1 cm³/mol. The maximum absolute atomic E-state index is 11.0. The van der Waals surface area contributed by atoms with Gasteiger partial charge in [-0.25, -0.2) is 4.79 Å². The minimum Gasteiger partial charge on any atom is -0.464 e. The Hall–Kier alpha value is -0.570. The number of carbonyl (C=O) groups excluding carboxylic acids is 1. The van der Waals surface area contributed by atoms with Crippen LogP contribution < -0.4 is 0 Å². The molecule has 0 aromatic carbocycles. The van der Waals surface area contributed by atoms with E-state index in [0.29, 0.717) is 19.1 Å². The Morgan fingerprint density at radius 2 is 2.00 bits per heavy atom. The molecule has 0 aromatic rings. The van der Waals surface area contributed by atoms with Crippen molar-refractivity contribution in [3.05, 3.63) is 0 Å². The van der Waals surface area contributed by atoms with E-state index in [4.69, 9.17) is 9.47 Å². The minimum atomic E-state index is -0.248. The van der Waals surface area contributed by atoms with E-state index in [1.165, 1.54) is 0 Å². The molecule has 0 aromatic heterocycles. The normalized spacial score (nSPS) is 10.6. The number of hydrogen-bond acceptors (Lipinski definition) is 3. The number of ether oxygens (including phenoxy) is 2. The number of esters is 1. The molecule has 14 heavy (non-hydrogen) atoms. The van der Waals surface area contributed by atoms with E-state index in [9.17, 15) is 4.79 Å². The summed E-state index contributed by atoms with van der Waals surface area (Å²) >= 11 is 0. The average molecular weight is 202 g/mol. The van der Waals surface area contributed by atoms with Crippen LogP contribution in [0.5, 0.6) is 0 Å². The van der Waals surface area contributed by atoms with E-state index < -0.39 is 0 Å². The van der Waals surface area contributed by atoms with Gasteiger partial charge in [-0.1, -0.05) is 33.6 Å². The highest BCUT2D eigenvalue weighted by Gasteiger charge is 2.03. The Labute approximate surface area is 86.8 Å². The first-order chi connectivity index (χ1) is 6.66. The Morgan fingerprint density at radius 3 is 2.57 bits per heavy atom. The summed E-state index contributed by atoms with van der Waals surface area (Å²) in [5.74, 6) is 0.213. The Balaban J connectivity index is 3.20. The van der Waals surface area contributed by atoms with E-state index in [0.717, 1.165) is 19.3 Å². The van der Waals surface area contributed by atoms with Gasteiger partial charge in [0.1, 0.15) is 6.61 Å². The molecule has 0 fully saturated rings. The quantitative estimate of drug-likeness (QED) is 0.448. The maximum atomic E-state index is 11.0. The minimum absolute atomic E-state index is 0.0876. The van der Waals surface area contributed by atoms with Crippen LogP contribution in [0.15, 0.2) is 0 Å². The van der Waals surface area contributed by atoms with Crippen molar-refractivity contribution >= 4 is 5.97 Å². The van der Waals surface area contributed by atoms with Gasteiger partial charge in [0.15, 0.2) is 0 Å². The summed E-state index contributed by atoms with van der Waals surface area (Å²) in [5, 5.41) is 0. The molecule has 0 aliphatic carbocycles. The van der Waals surface area contributed by atoms with E-state index in [1.54, 1.807) is 0 Å². The standard InChI is InChI=1S/C11H22O3/c1-4-5-6-7-14-11(12)9-13-8-10(2)3/h10H,4-9H2,1-3H3. The molecule has 0 aliphatic rings. The van der Waals surface area contributed by atoms with Crippen molar-refractivity contribution < 1.29 is 14.3 Å². The van der Waals surface area contributed by atoms with Crippen LogP contribution in [0.1, 0.15) is 40.0 Å². The predicted octanol–water partition coefficient (Wildman–Crippen LogP) is 2.39. The fourth-order valence-corrected chi connectivity index (χ4v) is 0.958. The molecule has 3 nitrogen and oxygen atoms in total. The van der Waals surface area contributed by atoms with Gasteiger partial charge in [0.2, 0.25) is 0 Å². The molecule has 0 amide bonds. The van der Waals surface area contributed by atoms with Crippen LogP contribution in [0.4, 0.5) is 0 Å². The van der Waals surface area contributed by atoms with Gasteiger partial charge in [-0.2, -0.15) is 0 Å². The van der Waals surface area contributed by atoms with Crippen molar-refractivity contribution in [2.24, 2.45) is 5.92 Å². The summed E-state index contributed by atoms with van der Waals surface area (Å²) in [7, 11) is 0. The molecule has 3 heteroatoms. The number of carbonyl (C=O) groups is 1. The SMILES string of the molecule is CCCCCOC(=O)COCC(C)C. The zero-order valence-electron chi connectivity index (χ0n) is 9.54. The van der Waals surface area contributed by atoms with Gasteiger partial charge in [-0.3, -0.25) is 0 Å². The third kappa shape index (κ3) is 9.52. The molecule has 0 spiro atoms. The second-order valence-electron chi connectivity index (χ2n) is 3.84. The topological polar surface area (TPSA) is 35.5 Å². The monoisotopic (exact) mass is 202 g/mol. The first-order valence-electron chi connectivity index (χ1n) is 5.40. The fraction of sp³-hybridized carbons (Fsp3) is 0.909. The molecular formula is C11H22O3. The lowest BCUT2D eigenvalue weighted by atomic mass is 10.2. The van der Waals surface area contributed by atoms with E-state index >= 15 is 0 Å². The van der Waals surface area contributed by atoms with E-state index in [-0.39, 0.29) is 12.6 Å². The summed E-state index contributed by atoms with van der Waals surface area (Å²) in [4.78, 5) is 11.0. The molecule has 0 aliphatic heterocycles. The third-order valence-corrected chi connectivity index (χ3v) is 1.68. The van der Waals surface area contributed by atoms with Crippen molar-refractivity contribution in [3.8, 4) is 0 Å². The van der Waals surface area contributed by atoms with Crippen molar-refractivity contribution in [1.82, 2.24) is 0 Å². The highest BCUT2D eigenvalue weighted by Crippen LogP contribution is 1.96. The van der Waals surface area contributed by atoms with Crippen LogP contribution in [0.2, 0.25) is 0 Å². The van der Waals surface area contributed by atoms with Crippen LogP contribution >= 0.6 is 0 Å². The molecule has 0 bridgehead atoms. The molecular weight excluding hydrogens is 180 g/mol. The largest absolute Gasteiger partial charge is 0.464 e. The summed E-state index contributed by atoms with van der Waals surface area (Å²) in [6.45, 7) is 7.44. The van der Waals surface area contributed by atoms with Crippen LogP contribution in [-0.2, 0) is 14.3 Å². The number of unbranched alkanes of at least 4 members (excludes halogenated alkanes) is 2. The molecule has 0 heterocycles. The van der Waals surface area contributed by atoms with Gasteiger partial charge in [0.25, 0.3) is 0 Å². The van der Waals surface area contributed by atoms with Crippen LogP contribution in [-0.4, -0.2) is 25.8 Å². The fourth-order valence-electron chi connectivity index (χ4n) is 0.958. The highest BCUT2D eigenvalue weighted by molar-refractivity contribution is 5.70. The van der Waals surface area contributed by atoms with Crippen molar-refractivity contribution in [1.29, 1.82) is 0 Å². The zero-order valence-corrected chi connectivity index (χ0v) is 9.54. The first-order valence-corrected chi connectivity index (χ1v) is 5.40. The molecule has 0 N–H and O–H groups in total. The maximum Gasteiger partial charge on any atom is 0.332 e. The van der Waals surface area contributed by atoms with Gasteiger partial charge in [-0.15, -0.1) is 0 Å². The van der Waals surface area contributed by atoms with E-state index in [1.807, 2.05) is 13.8 Å². The third-order valence-electron chi connectivity index (χ3n) is 1.68. The van der Waals surface area contributed by atoms with Crippen molar-refractivity contribution in [3.63, 3.8) is 0 Å². The summed E-state index contributed by atoms with van der Waals surface area (Å²) in [6, 6.07) is 0. The Kier molecular flexibility index (Phi) is 8.64. The summed E-state index contributed by atoms with van der Waals surface area (Å²) < 4.78 is 10.1. The summed E-state index contributed by atoms with van der Waals surface area (Å²) in [5.41, 5.74) is 0. The molecule has 0 unspecified atom stereocenters. The molecule has 0 saturated heterocycles. The van der Waals surface area contributed by atoms with Crippen LogP contribution in [0, 0.1) is 5.92 Å². The average Bonchev–Trinajstić information content (AvgIpc) is 2.12. The number of rotatable bonds is 8. The lowest BCUT2D eigenvalue weighted by Crippen LogP contribution is -2.15. The van der Waals surface area contributed by atoms with Crippen LogP contribution in [0.3, 0.4) is 0 Å².